The Morgan fingerprint density at radius 3 is 2.33 bits per heavy atom. The fourth-order valence-corrected chi connectivity index (χ4v) is 1.11. The fraction of sp³-hybridized carbons (Fsp3) is 0.154. The van der Waals surface area contributed by atoms with Crippen molar-refractivity contribution in [2.24, 2.45) is 4.99 Å². The average molecular weight is 247 g/mol. The summed E-state index contributed by atoms with van der Waals surface area (Å²) < 4.78 is 8.95. The van der Waals surface area contributed by atoms with Crippen LogP contribution in [-0.4, -0.2) is 32.4 Å². The molecular formula is C13H13NO4. The van der Waals surface area contributed by atoms with Gasteiger partial charge in [-0.05, 0) is 5.56 Å². The number of rotatable bonds is 4. The maximum atomic E-state index is 11.4. The second-order valence-electron chi connectivity index (χ2n) is 3.21. The van der Waals surface area contributed by atoms with Crippen LogP contribution in [0.25, 0.3) is 0 Å². The molecule has 0 fully saturated rings. The summed E-state index contributed by atoms with van der Waals surface area (Å²) in [4.78, 5) is 26.4. The zero-order valence-electron chi connectivity index (χ0n) is 10.1. The van der Waals surface area contributed by atoms with Crippen LogP contribution in [-0.2, 0) is 19.1 Å². The molecule has 1 aromatic carbocycles. The number of ether oxygens (including phenoxy) is 2. The average Bonchev–Trinajstić information content (AvgIpc) is 2.43. The first-order valence-corrected chi connectivity index (χ1v) is 5.14. The van der Waals surface area contributed by atoms with Crippen molar-refractivity contribution in [3.05, 3.63) is 47.7 Å². The molecule has 0 unspecified atom stereocenters. The van der Waals surface area contributed by atoms with E-state index in [0.717, 1.165) is 11.6 Å². The molecule has 0 aliphatic rings. The zero-order chi connectivity index (χ0) is 13.4. The molecule has 0 aliphatic heterocycles. The van der Waals surface area contributed by atoms with Gasteiger partial charge < -0.3 is 9.47 Å². The van der Waals surface area contributed by atoms with Crippen molar-refractivity contribution >= 4 is 18.2 Å². The van der Waals surface area contributed by atoms with Gasteiger partial charge in [0, 0.05) is 6.21 Å². The van der Waals surface area contributed by atoms with Gasteiger partial charge in [-0.2, -0.15) is 0 Å². The molecular weight excluding hydrogens is 234 g/mol. The third kappa shape index (κ3) is 4.21. The Balaban J connectivity index is 2.92. The lowest BCUT2D eigenvalue weighted by molar-refractivity contribution is -0.138. The van der Waals surface area contributed by atoms with Crippen LogP contribution < -0.4 is 0 Å². The summed E-state index contributed by atoms with van der Waals surface area (Å²) >= 11 is 0. The molecule has 0 N–H and O–H groups in total. The number of carbonyl (C=O) groups excluding carboxylic acids is 2. The van der Waals surface area contributed by atoms with Crippen molar-refractivity contribution in [2.75, 3.05) is 14.2 Å². The molecule has 0 atom stereocenters. The topological polar surface area (TPSA) is 65.0 Å². The first-order chi connectivity index (χ1) is 8.67. The summed E-state index contributed by atoms with van der Waals surface area (Å²) in [5.41, 5.74) is 0.686. The molecule has 0 heterocycles. The maximum Gasteiger partial charge on any atom is 0.356 e. The van der Waals surface area contributed by atoms with Gasteiger partial charge in [0.2, 0.25) is 0 Å². The molecule has 0 amide bonds. The van der Waals surface area contributed by atoms with E-state index in [9.17, 15) is 9.59 Å². The highest BCUT2D eigenvalue weighted by Crippen LogP contribution is 2.02. The third-order valence-electron chi connectivity index (χ3n) is 2.00. The summed E-state index contributed by atoms with van der Waals surface area (Å²) in [5.74, 6) is -1.37. The Morgan fingerprint density at radius 1 is 1.11 bits per heavy atom. The third-order valence-corrected chi connectivity index (χ3v) is 2.00. The van der Waals surface area contributed by atoms with Gasteiger partial charge in [0.1, 0.15) is 0 Å². The predicted molar refractivity (Wildman–Crippen MR) is 66.2 cm³/mol. The Hall–Kier alpha value is -2.43. The summed E-state index contributed by atoms with van der Waals surface area (Å²) in [6, 6.07) is 9.17. The van der Waals surface area contributed by atoms with Crippen LogP contribution in [0.4, 0.5) is 0 Å². The molecule has 0 aromatic heterocycles. The summed E-state index contributed by atoms with van der Waals surface area (Å²) in [5, 5.41) is 0. The van der Waals surface area contributed by atoms with Gasteiger partial charge >= 0.3 is 11.9 Å². The molecule has 0 radical (unpaired) electrons. The SMILES string of the molecule is COC(=O)/C=C(/N=Cc1ccccc1)C(=O)OC. The van der Waals surface area contributed by atoms with Gasteiger partial charge in [0.15, 0.2) is 5.70 Å². The van der Waals surface area contributed by atoms with Gasteiger partial charge in [-0.25, -0.2) is 14.6 Å². The molecule has 0 bridgehead atoms. The molecule has 1 rings (SSSR count). The molecule has 0 spiro atoms. The summed E-state index contributed by atoms with van der Waals surface area (Å²) in [6.45, 7) is 0. The van der Waals surface area contributed by atoms with Gasteiger partial charge in [-0.1, -0.05) is 30.3 Å². The molecule has 5 heteroatoms. The molecule has 0 aliphatic carbocycles. The van der Waals surface area contributed by atoms with E-state index >= 15 is 0 Å². The lowest BCUT2D eigenvalue weighted by Crippen LogP contribution is -2.07. The standard InChI is InChI=1S/C13H13NO4/c1-17-12(15)8-11(13(16)18-2)14-9-10-6-4-3-5-7-10/h3-9H,1-2H3/b11-8+,14-9?. The highest BCUT2D eigenvalue weighted by molar-refractivity contribution is 5.98. The number of nitrogens with zero attached hydrogens (tertiary/aromatic N) is 1. The fourth-order valence-electron chi connectivity index (χ4n) is 1.11. The number of hydrogen-bond donors (Lipinski definition) is 0. The Bertz CT molecular complexity index is 477. The lowest BCUT2D eigenvalue weighted by atomic mass is 10.2. The molecule has 0 saturated heterocycles. The molecule has 5 nitrogen and oxygen atoms in total. The van der Waals surface area contributed by atoms with Crippen molar-refractivity contribution in [3.8, 4) is 0 Å². The molecule has 94 valence electrons. The minimum Gasteiger partial charge on any atom is -0.466 e. The lowest BCUT2D eigenvalue weighted by Gasteiger charge is -1.99. The maximum absolute atomic E-state index is 11.4. The van der Waals surface area contributed by atoms with Crippen LogP contribution in [0, 0.1) is 0 Å². The van der Waals surface area contributed by atoms with E-state index in [4.69, 9.17) is 0 Å². The first-order valence-electron chi connectivity index (χ1n) is 5.14. The van der Waals surface area contributed by atoms with Gasteiger partial charge in [-0.15, -0.1) is 0 Å². The Morgan fingerprint density at radius 2 is 1.78 bits per heavy atom. The quantitative estimate of drug-likeness (QED) is 0.457. The van der Waals surface area contributed by atoms with Crippen LogP contribution >= 0.6 is 0 Å². The van der Waals surface area contributed by atoms with Crippen molar-refractivity contribution in [2.45, 2.75) is 0 Å². The number of methoxy groups -OCH3 is 2. The van der Waals surface area contributed by atoms with Crippen LogP contribution in [0.2, 0.25) is 0 Å². The van der Waals surface area contributed by atoms with Crippen LogP contribution in [0.15, 0.2) is 47.1 Å². The first kappa shape index (κ1) is 13.6. The number of hydrogen-bond acceptors (Lipinski definition) is 5. The van der Waals surface area contributed by atoms with Crippen molar-refractivity contribution in [1.82, 2.24) is 0 Å². The second kappa shape index (κ2) is 7.01. The van der Waals surface area contributed by atoms with Crippen LogP contribution in [0.3, 0.4) is 0 Å². The summed E-state index contributed by atoms with van der Waals surface area (Å²) in [7, 11) is 2.43. The Labute approximate surface area is 105 Å². The van der Waals surface area contributed by atoms with E-state index in [0.29, 0.717) is 0 Å². The highest BCUT2D eigenvalue weighted by atomic mass is 16.5. The van der Waals surface area contributed by atoms with E-state index in [1.165, 1.54) is 20.4 Å². The van der Waals surface area contributed by atoms with E-state index < -0.39 is 11.9 Å². The van der Waals surface area contributed by atoms with E-state index in [1.807, 2.05) is 30.3 Å². The van der Waals surface area contributed by atoms with E-state index in [-0.39, 0.29) is 5.70 Å². The molecule has 0 saturated carbocycles. The van der Waals surface area contributed by atoms with Gasteiger partial charge in [-0.3, -0.25) is 0 Å². The number of aliphatic imine (C=N–C) groups is 1. The number of esters is 2. The van der Waals surface area contributed by atoms with Crippen molar-refractivity contribution < 1.29 is 19.1 Å². The molecule has 18 heavy (non-hydrogen) atoms. The van der Waals surface area contributed by atoms with Gasteiger partial charge in [0.25, 0.3) is 0 Å². The summed E-state index contributed by atoms with van der Waals surface area (Å²) in [6.07, 6.45) is 2.44. The highest BCUT2D eigenvalue weighted by Gasteiger charge is 2.10. The van der Waals surface area contributed by atoms with Gasteiger partial charge in [0.05, 0.1) is 20.3 Å². The molecule has 1 aromatic rings. The Kier molecular flexibility index (Phi) is 5.31. The largest absolute Gasteiger partial charge is 0.466 e. The monoisotopic (exact) mass is 247 g/mol. The number of benzene rings is 1. The van der Waals surface area contributed by atoms with Crippen molar-refractivity contribution in [1.29, 1.82) is 0 Å². The minimum absolute atomic E-state index is 0.117. The zero-order valence-corrected chi connectivity index (χ0v) is 10.1. The smallest absolute Gasteiger partial charge is 0.356 e. The number of carbonyl (C=O) groups is 2. The van der Waals surface area contributed by atoms with Crippen LogP contribution in [0.1, 0.15) is 5.56 Å². The van der Waals surface area contributed by atoms with Crippen LogP contribution in [0.5, 0.6) is 0 Å². The van der Waals surface area contributed by atoms with E-state index in [1.54, 1.807) is 0 Å². The second-order valence-corrected chi connectivity index (χ2v) is 3.21. The minimum atomic E-state index is -0.701. The van der Waals surface area contributed by atoms with Crippen molar-refractivity contribution in [3.63, 3.8) is 0 Å². The van der Waals surface area contributed by atoms with E-state index in [2.05, 4.69) is 14.5 Å². The predicted octanol–water partition coefficient (Wildman–Crippen LogP) is 1.34. The normalized spacial score (nSPS) is 11.3.